The van der Waals surface area contributed by atoms with Gasteiger partial charge in [0, 0.05) is 20.2 Å². The fraction of sp³-hybridized carbons (Fsp3) is 0.250. The van der Waals surface area contributed by atoms with Crippen molar-refractivity contribution in [3.05, 3.63) is 22.2 Å². The Bertz CT molecular complexity index is 485. The van der Waals surface area contributed by atoms with Crippen LogP contribution in [0.1, 0.15) is 0 Å². The van der Waals surface area contributed by atoms with Crippen LogP contribution in [0.5, 0.6) is 5.75 Å². The number of aromatic hydroxyl groups is 1. The van der Waals surface area contributed by atoms with Crippen molar-refractivity contribution in [2.45, 2.75) is 4.90 Å². The van der Waals surface area contributed by atoms with Crippen molar-refractivity contribution in [3.8, 4) is 5.75 Å². The standard InChI is InChI=1S/C8H9Cl2NO3S/c1-11(2)15(13,14)8-4-5(9)7(12)3-6(8)10/h3-4,12H,1-2H3. The number of phenolic OH excluding ortho intramolecular Hbond substituents is 1. The maximum atomic E-state index is 11.7. The summed E-state index contributed by atoms with van der Waals surface area (Å²) in [5, 5.41) is 9.08. The van der Waals surface area contributed by atoms with Crippen molar-refractivity contribution in [3.63, 3.8) is 0 Å². The third-order valence-corrected chi connectivity index (χ3v) is 4.34. The number of phenols is 1. The first-order valence-electron chi connectivity index (χ1n) is 3.87. The summed E-state index contributed by atoms with van der Waals surface area (Å²) in [4.78, 5) is -0.128. The molecule has 0 saturated carbocycles. The van der Waals surface area contributed by atoms with Crippen LogP contribution in [0.15, 0.2) is 17.0 Å². The Hall–Kier alpha value is -0.490. The monoisotopic (exact) mass is 269 g/mol. The zero-order valence-corrected chi connectivity index (χ0v) is 10.4. The number of nitrogens with zero attached hydrogens (tertiary/aromatic N) is 1. The molecule has 0 radical (unpaired) electrons. The molecule has 1 aromatic carbocycles. The van der Waals surface area contributed by atoms with Crippen LogP contribution in [-0.2, 0) is 10.0 Å². The van der Waals surface area contributed by atoms with Crippen LogP contribution in [0.25, 0.3) is 0 Å². The third kappa shape index (κ3) is 2.36. The zero-order valence-electron chi connectivity index (χ0n) is 8.03. The smallest absolute Gasteiger partial charge is 0.244 e. The minimum atomic E-state index is -3.64. The maximum absolute atomic E-state index is 11.7. The molecule has 7 heteroatoms. The Morgan fingerprint density at radius 2 is 1.73 bits per heavy atom. The molecule has 0 heterocycles. The van der Waals surface area contributed by atoms with E-state index in [0.717, 1.165) is 16.4 Å². The average Bonchev–Trinajstić information content (AvgIpc) is 2.10. The fourth-order valence-corrected chi connectivity index (χ4v) is 2.56. The highest BCUT2D eigenvalue weighted by Gasteiger charge is 2.22. The molecule has 0 aliphatic heterocycles. The first-order chi connectivity index (χ1) is 6.76. The van der Waals surface area contributed by atoms with E-state index in [1.54, 1.807) is 0 Å². The molecular formula is C8H9Cl2NO3S. The average molecular weight is 270 g/mol. The lowest BCUT2D eigenvalue weighted by molar-refractivity contribution is 0.474. The van der Waals surface area contributed by atoms with Gasteiger partial charge in [0.05, 0.1) is 10.0 Å². The van der Waals surface area contributed by atoms with Gasteiger partial charge in [0.2, 0.25) is 10.0 Å². The van der Waals surface area contributed by atoms with Gasteiger partial charge in [-0.1, -0.05) is 23.2 Å². The predicted molar refractivity (Wildman–Crippen MR) is 59.0 cm³/mol. The molecule has 0 saturated heterocycles. The van der Waals surface area contributed by atoms with Gasteiger partial charge in [0.25, 0.3) is 0 Å². The normalized spacial score (nSPS) is 12.1. The maximum Gasteiger partial charge on any atom is 0.244 e. The van der Waals surface area contributed by atoms with Gasteiger partial charge in [-0.15, -0.1) is 0 Å². The SMILES string of the molecule is CN(C)S(=O)(=O)c1cc(Cl)c(O)cc1Cl. The van der Waals surface area contributed by atoms with Crippen LogP contribution < -0.4 is 0 Å². The van der Waals surface area contributed by atoms with E-state index in [9.17, 15) is 13.5 Å². The molecule has 0 atom stereocenters. The summed E-state index contributed by atoms with van der Waals surface area (Å²) >= 11 is 11.3. The lowest BCUT2D eigenvalue weighted by Crippen LogP contribution is -2.22. The van der Waals surface area contributed by atoms with Crippen LogP contribution in [0.3, 0.4) is 0 Å². The summed E-state index contributed by atoms with van der Waals surface area (Å²) in [5.41, 5.74) is 0. The third-order valence-electron chi connectivity index (χ3n) is 1.76. The van der Waals surface area contributed by atoms with Crippen LogP contribution >= 0.6 is 23.2 Å². The second-order valence-corrected chi connectivity index (χ2v) is 5.96. The van der Waals surface area contributed by atoms with Crippen molar-refractivity contribution >= 4 is 33.2 Å². The summed E-state index contributed by atoms with van der Waals surface area (Å²) < 4.78 is 24.5. The van der Waals surface area contributed by atoms with E-state index in [2.05, 4.69) is 0 Å². The number of benzene rings is 1. The van der Waals surface area contributed by atoms with Crippen molar-refractivity contribution in [2.75, 3.05) is 14.1 Å². The van der Waals surface area contributed by atoms with Gasteiger partial charge in [-0.05, 0) is 6.07 Å². The number of hydrogen-bond donors (Lipinski definition) is 1. The molecule has 4 nitrogen and oxygen atoms in total. The summed E-state index contributed by atoms with van der Waals surface area (Å²) in [7, 11) is -0.878. The van der Waals surface area contributed by atoms with Gasteiger partial charge in [-0.3, -0.25) is 0 Å². The minimum Gasteiger partial charge on any atom is -0.506 e. The van der Waals surface area contributed by atoms with Gasteiger partial charge in [-0.2, -0.15) is 0 Å². The van der Waals surface area contributed by atoms with Gasteiger partial charge < -0.3 is 5.11 Å². The minimum absolute atomic E-state index is 0.0557. The van der Waals surface area contributed by atoms with E-state index in [1.165, 1.54) is 14.1 Å². The molecule has 15 heavy (non-hydrogen) atoms. The Labute approximate surface area is 98.1 Å². The van der Waals surface area contributed by atoms with E-state index < -0.39 is 10.0 Å². The highest BCUT2D eigenvalue weighted by atomic mass is 35.5. The van der Waals surface area contributed by atoms with Gasteiger partial charge >= 0.3 is 0 Å². The number of sulfonamides is 1. The zero-order chi connectivity index (χ0) is 11.8. The van der Waals surface area contributed by atoms with E-state index in [0.29, 0.717) is 0 Å². The quantitative estimate of drug-likeness (QED) is 0.893. The molecule has 0 bridgehead atoms. The van der Waals surface area contributed by atoms with E-state index in [-0.39, 0.29) is 20.7 Å². The molecule has 0 fully saturated rings. The van der Waals surface area contributed by atoms with Crippen molar-refractivity contribution < 1.29 is 13.5 Å². The summed E-state index contributed by atoms with van der Waals surface area (Å²) in [6.45, 7) is 0. The number of halogens is 2. The topological polar surface area (TPSA) is 57.6 Å². The largest absolute Gasteiger partial charge is 0.506 e. The van der Waals surface area contributed by atoms with Crippen molar-refractivity contribution in [1.82, 2.24) is 4.31 Å². The first kappa shape index (κ1) is 12.6. The van der Waals surface area contributed by atoms with E-state index in [1.807, 2.05) is 0 Å². The van der Waals surface area contributed by atoms with Crippen LogP contribution in [-0.4, -0.2) is 31.9 Å². The number of hydrogen-bond acceptors (Lipinski definition) is 3. The van der Waals surface area contributed by atoms with Crippen LogP contribution in [0, 0.1) is 0 Å². The van der Waals surface area contributed by atoms with Crippen molar-refractivity contribution in [1.29, 1.82) is 0 Å². The number of rotatable bonds is 2. The molecule has 0 spiro atoms. The molecule has 1 N–H and O–H groups in total. The Morgan fingerprint density at radius 1 is 1.20 bits per heavy atom. The van der Waals surface area contributed by atoms with Gasteiger partial charge in [-0.25, -0.2) is 12.7 Å². The molecule has 1 rings (SSSR count). The molecule has 0 aromatic heterocycles. The van der Waals surface area contributed by atoms with Gasteiger partial charge in [0.15, 0.2) is 0 Å². The molecule has 1 aromatic rings. The lowest BCUT2D eigenvalue weighted by Gasteiger charge is -2.13. The Balaban J connectivity index is 3.46. The molecule has 84 valence electrons. The summed E-state index contributed by atoms with van der Waals surface area (Å²) in [5.74, 6) is -0.251. The Morgan fingerprint density at radius 3 is 2.20 bits per heavy atom. The van der Waals surface area contributed by atoms with Crippen LogP contribution in [0.4, 0.5) is 0 Å². The van der Waals surface area contributed by atoms with Crippen molar-refractivity contribution in [2.24, 2.45) is 0 Å². The molecule has 0 amide bonds. The second kappa shape index (κ2) is 4.17. The molecule has 0 unspecified atom stereocenters. The lowest BCUT2D eigenvalue weighted by atomic mass is 10.3. The predicted octanol–water partition coefficient (Wildman–Crippen LogP) is 1.95. The summed E-state index contributed by atoms with van der Waals surface area (Å²) in [6.07, 6.45) is 0. The molecule has 0 aliphatic carbocycles. The van der Waals surface area contributed by atoms with E-state index in [4.69, 9.17) is 23.2 Å². The second-order valence-electron chi connectivity index (χ2n) is 3.02. The molecular weight excluding hydrogens is 261 g/mol. The first-order valence-corrected chi connectivity index (χ1v) is 6.07. The summed E-state index contributed by atoms with van der Waals surface area (Å²) in [6, 6.07) is 2.22. The van der Waals surface area contributed by atoms with E-state index >= 15 is 0 Å². The fourth-order valence-electron chi connectivity index (χ4n) is 0.912. The van der Waals surface area contributed by atoms with Gasteiger partial charge in [0.1, 0.15) is 10.6 Å². The highest BCUT2D eigenvalue weighted by Crippen LogP contribution is 2.33. The molecule has 0 aliphatic rings. The Kier molecular flexibility index (Phi) is 3.50. The van der Waals surface area contributed by atoms with Crippen LogP contribution in [0.2, 0.25) is 10.0 Å². The highest BCUT2D eigenvalue weighted by molar-refractivity contribution is 7.89.